The molecule has 0 unspecified atom stereocenters. The zero-order valence-corrected chi connectivity index (χ0v) is 15.8. The van der Waals surface area contributed by atoms with Crippen LogP contribution in [0.25, 0.3) is 0 Å². The fourth-order valence-electron chi connectivity index (χ4n) is 3.55. The molecule has 1 saturated carbocycles. The zero-order chi connectivity index (χ0) is 17.6. The minimum absolute atomic E-state index is 0.0852. The molecule has 1 aliphatic carbocycles. The lowest BCUT2D eigenvalue weighted by Gasteiger charge is -2.23. The molecule has 4 rings (SSSR count). The number of rotatable bonds is 5. The van der Waals surface area contributed by atoms with E-state index in [-0.39, 0.29) is 10.9 Å². The molecule has 3 aromatic carbocycles. The van der Waals surface area contributed by atoms with E-state index >= 15 is 0 Å². The number of benzene rings is 3. The van der Waals surface area contributed by atoms with E-state index < -0.39 is 0 Å². The zero-order valence-electron chi connectivity index (χ0n) is 15.0. The molecule has 0 aliphatic heterocycles. The quantitative estimate of drug-likeness (QED) is 0.472. The van der Waals surface area contributed by atoms with Crippen LogP contribution in [0.4, 0.5) is 0 Å². The summed E-state index contributed by atoms with van der Waals surface area (Å²) in [4.78, 5) is 4.03. The molecular weight excluding hydrogens is 336 g/mol. The van der Waals surface area contributed by atoms with Gasteiger partial charge in [0.2, 0.25) is 0 Å². The van der Waals surface area contributed by atoms with E-state index in [2.05, 4.69) is 84.9 Å². The van der Waals surface area contributed by atoms with Crippen molar-refractivity contribution in [3.63, 3.8) is 0 Å². The second-order valence-corrected chi connectivity index (χ2v) is 8.81. The van der Waals surface area contributed by atoms with E-state index in [1.54, 1.807) is 0 Å². The molecule has 0 radical (unpaired) electrons. The lowest BCUT2D eigenvalue weighted by Crippen LogP contribution is -2.19. The van der Waals surface area contributed by atoms with Gasteiger partial charge >= 0.3 is 0 Å². The Bertz CT molecular complexity index is 753. The number of hydrogen-bond donors (Lipinski definition) is 0. The summed E-state index contributed by atoms with van der Waals surface area (Å²) in [5.41, 5.74) is 0. The van der Waals surface area contributed by atoms with Crippen LogP contribution in [-0.4, -0.2) is 6.10 Å². The molecular formula is C24H25OS+. The molecule has 0 saturated heterocycles. The van der Waals surface area contributed by atoms with Crippen molar-refractivity contribution in [2.24, 2.45) is 0 Å². The third-order valence-electron chi connectivity index (χ3n) is 4.87. The Kier molecular flexibility index (Phi) is 5.61. The molecule has 132 valence electrons. The fourth-order valence-corrected chi connectivity index (χ4v) is 5.63. The topological polar surface area (TPSA) is 9.23 Å². The van der Waals surface area contributed by atoms with Gasteiger partial charge < -0.3 is 4.74 Å². The van der Waals surface area contributed by atoms with E-state index in [1.807, 2.05) is 0 Å². The minimum Gasteiger partial charge on any atom is -0.490 e. The summed E-state index contributed by atoms with van der Waals surface area (Å²) in [6, 6.07) is 30.3. The maximum absolute atomic E-state index is 6.20. The van der Waals surface area contributed by atoms with Gasteiger partial charge in [0.1, 0.15) is 5.75 Å². The maximum atomic E-state index is 6.20. The van der Waals surface area contributed by atoms with Gasteiger partial charge in [-0.2, -0.15) is 0 Å². The van der Waals surface area contributed by atoms with E-state index in [0.717, 1.165) is 5.75 Å². The van der Waals surface area contributed by atoms with Crippen molar-refractivity contribution in [2.75, 3.05) is 0 Å². The average Bonchev–Trinajstić information content (AvgIpc) is 2.72. The van der Waals surface area contributed by atoms with Crippen LogP contribution < -0.4 is 4.74 Å². The predicted molar refractivity (Wildman–Crippen MR) is 109 cm³/mol. The van der Waals surface area contributed by atoms with Crippen molar-refractivity contribution in [3.8, 4) is 5.75 Å². The summed E-state index contributed by atoms with van der Waals surface area (Å²) in [6.07, 6.45) is 6.74. The van der Waals surface area contributed by atoms with E-state index in [4.69, 9.17) is 4.74 Å². The Morgan fingerprint density at radius 2 is 1.08 bits per heavy atom. The van der Waals surface area contributed by atoms with Gasteiger partial charge in [-0.05, 0) is 74.2 Å². The first-order valence-electron chi connectivity index (χ1n) is 9.51. The summed E-state index contributed by atoms with van der Waals surface area (Å²) in [5.74, 6) is 1.00. The Labute approximate surface area is 159 Å². The summed E-state index contributed by atoms with van der Waals surface area (Å²) in [6.45, 7) is 0. The highest BCUT2D eigenvalue weighted by atomic mass is 32.2. The molecule has 0 bridgehead atoms. The van der Waals surface area contributed by atoms with Crippen LogP contribution in [0.15, 0.2) is 99.6 Å². The molecule has 1 fully saturated rings. The first-order chi connectivity index (χ1) is 12.9. The lowest BCUT2D eigenvalue weighted by molar-refractivity contribution is 0.155. The van der Waals surface area contributed by atoms with Crippen LogP contribution in [-0.2, 0) is 10.9 Å². The maximum Gasteiger partial charge on any atom is 0.166 e. The van der Waals surface area contributed by atoms with E-state index in [9.17, 15) is 0 Å². The smallest absolute Gasteiger partial charge is 0.166 e. The predicted octanol–water partition coefficient (Wildman–Crippen LogP) is 6.49. The number of ether oxygens (including phenoxy) is 1. The lowest BCUT2D eigenvalue weighted by atomic mass is 9.98. The largest absolute Gasteiger partial charge is 0.490 e. The molecule has 0 N–H and O–H groups in total. The minimum atomic E-state index is -0.0852. The van der Waals surface area contributed by atoms with Crippen molar-refractivity contribution in [1.29, 1.82) is 0 Å². The molecule has 0 atom stereocenters. The summed E-state index contributed by atoms with van der Waals surface area (Å²) in [7, 11) is -0.0852. The van der Waals surface area contributed by atoms with Crippen molar-refractivity contribution in [3.05, 3.63) is 84.9 Å². The molecule has 0 aromatic heterocycles. The van der Waals surface area contributed by atoms with Crippen LogP contribution in [0.2, 0.25) is 0 Å². The summed E-state index contributed by atoms with van der Waals surface area (Å²) < 4.78 is 6.20. The molecule has 1 aliphatic rings. The highest BCUT2D eigenvalue weighted by molar-refractivity contribution is 7.97. The third-order valence-corrected chi connectivity index (χ3v) is 7.10. The SMILES string of the molecule is c1ccc([S+](c2ccccc2)c2ccc(OC3CCCCC3)cc2)cc1. The summed E-state index contributed by atoms with van der Waals surface area (Å²) >= 11 is 0. The molecule has 0 heterocycles. The Morgan fingerprint density at radius 1 is 0.577 bits per heavy atom. The van der Waals surface area contributed by atoms with E-state index in [0.29, 0.717) is 6.10 Å². The Hall–Kier alpha value is -2.19. The van der Waals surface area contributed by atoms with Crippen LogP contribution in [0.5, 0.6) is 5.75 Å². The van der Waals surface area contributed by atoms with Crippen LogP contribution in [0, 0.1) is 0 Å². The average molecular weight is 362 g/mol. The van der Waals surface area contributed by atoms with E-state index in [1.165, 1.54) is 46.8 Å². The standard InChI is InChI=1S/C24H25OS/c1-4-10-20(11-5-1)25-21-16-18-24(19-17-21)26(22-12-6-2-7-13-22)23-14-8-3-9-15-23/h2-3,6-9,12-20H,1,4-5,10-11H2/q+1. The molecule has 3 aromatic rings. The highest BCUT2D eigenvalue weighted by Gasteiger charge is 2.28. The first kappa shape index (κ1) is 17.2. The third kappa shape index (κ3) is 4.13. The van der Waals surface area contributed by atoms with Gasteiger partial charge in [-0.1, -0.05) is 42.8 Å². The van der Waals surface area contributed by atoms with Gasteiger partial charge in [0, 0.05) is 0 Å². The Morgan fingerprint density at radius 3 is 1.62 bits per heavy atom. The summed E-state index contributed by atoms with van der Waals surface area (Å²) in [5, 5.41) is 0. The monoisotopic (exact) mass is 361 g/mol. The van der Waals surface area contributed by atoms with Crippen LogP contribution in [0.3, 0.4) is 0 Å². The fraction of sp³-hybridized carbons (Fsp3) is 0.250. The van der Waals surface area contributed by atoms with Gasteiger partial charge in [0.15, 0.2) is 14.7 Å². The molecule has 26 heavy (non-hydrogen) atoms. The van der Waals surface area contributed by atoms with Crippen molar-refractivity contribution in [1.82, 2.24) is 0 Å². The van der Waals surface area contributed by atoms with Gasteiger partial charge in [0.25, 0.3) is 0 Å². The molecule has 2 heteroatoms. The normalized spacial score (nSPS) is 15.1. The Balaban J connectivity index is 1.59. The van der Waals surface area contributed by atoms with Gasteiger partial charge in [-0.25, -0.2) is 0 Å². The molecule has 0 amide bonds. The van der Waals surface area contributed by atoms with Crippen LogP contribution >= 0.6 is 0 Å². The van der Waals surface area contributed by atoms with Crippen molar-refractivity contribution >= 4 is 10.9 Å². The van der Waals surface area contributed by atoms with Crippen molar-refractivity contribution < 1.29 is 4.74 Å². The highest BCUT2D eigenvalue weighted by Crippen LogP contribution is 2.32. The van der Waals surface area contributed by atoms with Gasteiger partial charge in [-0.3, -0.25) is 0 Å². The first-order valence-corrected chi connectivity index (χ1v) is 10.7. The number of hydrogen-bond acceptors (Lipinski definition) is 1. The molecule has 1 nitrogen and oxygen atoms in total. The second-order valence-electron chi connectivity index (χ2n) is 6.78. The van der Waals surface area contributed by atoms with Gasteiger partial charge in [0.05, 0.1) is 17.0 Å². The second kappa shape index (κ2) is 8.46. The van der Waals surface area contributed by atoms with Crippen molar-refractivity contribution in [2.45, 2.75) is 52.9 Å². The van der Waals surface area contributed by atoms with Gasteiger partial charge in [-0.15, -0.1) is 0 Å². The molecule has 0 spiro atoms. The van der Waals surface area contributed by atoms with Crippen LogP contribution in [0.1, 0.15) is 32.1 Å².